The van der Waals surface area contributed by atoms with Crippen LogP contribution < -0.4 is 11.1 Å². The van der Waals surface area contributed by atoms with Crippen LogP contribution >= 0.6 is 11.8 Å². The number of fused-ring (bicyclic) bond motifs is 2. The molecule has 2 aliphatic heterocycles. The van der Waals surface area contributed by atoms with Crippen LogP contribution in [0.4, 0.5) is 0 Å². The molecule has 3 atom stereocenters. The Morgan fingerprint density at radius 2 is 2.39 bits per heavy atom. The smallest absolute Gasteiger partial charge is 0.220 e. The highest BCUT2D eigenvalue weighted by molar-refractivity contribution is 8.03. The van der Waals surface area contributed by atoms with Crippen molar-refractivity contribution < 1.29 is 4.79 Å². The molecule has 98 valence electrons. The van der Waals surface area contributed by atoms with Crippen molar-refractivity contribution in [2.45, 2.75) is 30.6 Å². The zero-order chi connectivity index (χ0) is 12.5. The fourth-order valence-corrected chi connectivity index (χ4v) is 4.31. The summed E-state index contributed by atoms with van der Waals surface area (Å²) in [6.45, 7) is 1.85. The summed E-state index contributed by atoms with van der Waals surface area (Å²) in [5.74, 6) is -0.0790. The van der Waals surface area contributed by atoms with Crippen molar-refractivity contribution in [3.63, 3.8) is 0 Å². The Labute approximate surface area is 112 Å². The lowest BCUT2D eigenvalue weighted by atomic mass is 9.85. The standard InChI is InChI=1S/C13H19N3OS/c14-13(17)9-4-5-11-10(7-9)15-8-16-6-2-1-3-12(16)18-11/h1-3,9-11,15H,4-8H2,(H2,14,17). The number of nitrogens with zero attached hydrogens (tertiary/aromatic N) is 1. The van der Waals surface area contributed by atoms with Gasteiger partial charge in [0.1, 0.15) is 0 Å². The van der Waals surface area contributed by atoms with Gasteiger partial charge >= 0.3 is 0 Å². The first-order chi connectivity index (χ1) is 8.74. The quantitative estimate of drug-likeness (QED) is 0.743. The Bertz CT molecular complexity index is 407. The van der Waals surface area contributed by atoms with Crippen LogP contribution in [0.3, 0.4) is 0 Å². The van der Waals surface area contributed by atoms with E-state index < -0.39 is 0 Å². The number of nitrogens with two attached hydrogens (primary N) is 1. The average Bonchev–Trinajstić information content (AvgIpc) is 2.56. The summed E-state index contributed by atoms with van der Waals surface area (Å²) in [4.78, 5) is 13.7. The molecule has 18 heavy (non-hydrogen) atoms. The van der Waals surface area contributed by atoms with Crippen molar-refractivity contribution >= 4 is 17.7 Å². The van der Waals surface area contributed by atoms with Gasteiger partial charge in [-0.05, 0) is 25.3 Å². The van der Waals surface area contributed by atoms with Crippen LogP contribution in [0.25, 0.3) is 0 Å². The van der Waals surface area contributed by atoms with Crippen LogP contribution in [0.1, 0.15) is 19.3 Å². The lowest BCUT2D eigenvalue weighted by Crippen LogP contribution is -2.46. The number of rotatable bonds is 1. The summed E-state index contributed by atoms with van der Waals surface area (Å²) in [5, 5.41) is 5.52. The van der Waals surface area contributed by atoms with Crippen molar-refractivity contribution in [2.24, 2.45) is 11.7 Å². The average molecular weight is 265 g/mol. The minimum absolute atomic E-state index is 0.0570. The number of nitrogens with one attached hydrogen (secondary N) is 1. The Morgan fingerprint density at radius 1 is 1.50 bits per heavy atom. The highest BCUT2D eigenvalue weighted by atomic mass is 32.2. The van der Waals surface area contributed by atoms with Crippen molar-refractivity contribution in [3.05, 3.63) is 23.3 Å². The predicted octanol–water partition coefficient (Wildman–Crippen LogP) is 1.02. The summed E-state index contributed by atoms with van der Waals surface area (Å²) >= 11 is 1.96. The number of carbonyl (C=O) groups is 1. The molecular formula is C13H19N3OS. The molecule has 4 nitrogen and oxygen atoms in total. The van der Waals surface area contributed by atoms with Gasteiger partial charge in [-0.25, -0.2) is 0 Å². The number of thioether (sulfide) groups is 1. The molecule has 0 bridgehead atoms. The van der Waals surface area contributed by atoms with Crippen LogP contribution in [0.5, 0.6) is 0 Å². The molecule has 1 aliphatic carbocycles. The Balaban J connectivity index is 1.73. The van der Waals surface area contributed by atoms with E-state index in [9.17, 15) is 4.79 Å². The van der Waals surface area contributed by atoms with Gasteiger partial charge in [0, 0.05) is 23.8 Å². The normalized spacial score (nSPS) is 35.2. The van der Waals surface area contributed by atoms with E-state index in [4.69, 9.17) is 5.73 Å². The fraction of sp³-hybridized carbons (Fsp3) is 0.615. The summed E-state index contributed by atoms with van der Waals surface area (Å²) in [6, 6.07) is 0.410. The van der Waals surface area contributed by atoms with Gasteiger partial charge in [0.2, 0.25) is 5.91 Å². The van der Waals surface area contributed by atoms with Crippen molar-refractivity contribution in [3.8, 4) is 0 Å². The van der Waals surface area contributed by atoms with Gasteiger partial charge in [0.05, 0.1) is 11.7 Å². The van der Waals surface area contributed by atoms with Gasteiger partial charge in [-0.2, -0.15) is 0 Å². The van der Waals surface area contributed by atoms with Crippen molar-refractivity contribution in [1.82, 2.24) is 10.2 Å². The maximum absolute atomic E-state index is 11.3. The Morgan fingerprint density at radius 3 is 3.22 bits per heavy atom. The molecule has 2 fully saturated rings. The van der Waals surface area contributed by atoms with E-state index >= 15 is 0 Å². The number of hydrogen-bond acceptors (Lipinski definition) is 4. The second-order valence-electron chi connectivity index (χ2n) is 5.19. The van der Waals surface area contributed by atoms with E-state index in [1.807, 2.05) is 11.8 Å². The number of hydrogen-bond donors (Lipinski definition) is 2. The van der Waals surface area contributed by atoms with Crippen LogP contribution in [0.15, 0.2) is 23.3 Å². The molecule has 0 aromatic carbocycles. The second-order valence-corrected chi connectivity index (χ2v) is 6.45. The first kappa shape index (κ1) is 12.1. The van der Waals surface area contributed by atoms with Gasteiger partial charge in [-0.1, -0.05) is 12.2 Å². The number of carbonyl (C=O) groups excluding carboxylic acids is 1. The SMILES string of the molecule is NC(=O)C1CCC2SC3=CC=CCN3CNC2C1. The van der Waals surface area contributed by atoms with Gasteiger partial charge in [0.15, 0.2) is 0 Å². The zero-order valence-electron chi connectivity index (χ0n) is 10.3. The monoisotopic (exact) mass is 265 g/mol. The van der Waals surface area contributed by atoms with E-state index in [1.165, 1.54) is 5.03 Å². The first-order valence-electron chi connectivity index (χ1n) is 6.55. The van der Waals surface area contributed by atoms with Crippen LogP contribution in [0, 0.1) is 5.92 Å². The first-order valence-corrected chi connectivity index (χ1v) is 7.43. The maximum atomic E-state index is 11.3. The Hall–Kier alpha value is -0.940. The number of amides is 1. The third kappa shape index (κ3) is 2.29. The maximum Gasteiger partial charge on any atom is 0.220 e. The summed E-state index contributed by atoms with van der Waals surface area (Å²) in [7, 11) is 0. The summed E-state index contributed by atoms with van der Waals surface area (Å²) in [6.07, 6.45) is 9.40. The molecule has 0 radical (unpaired) electrons. The van der Waals surface area contributed by atoms with E-state index in [0.29, 0.717) is 11.3 Å². The van der Waals surface area contributed by atoms with Crippen LogP contribution in [-0.2, 0) is 4.79 Å². The second kappa shape index (κ2) is 4.97. The molecule has 2 heterocycles. The van der Waals surface area contributed by atoms with E-state index in [1.54, 1.807) is 0 Å². The topological polar surface area (TPSA) is 58.4 Å². The molecule has 0 aromatic rings. The lowest BCUT2D eigenvalue weighted by Gasteiger charge is -2.33. The van der Waals surface area contributed by atoms with Gasteiger partial charge in [-0.15, -0.1) is 11.8 Å². The number of allylic oxidation sites excluding steroid dienone is 2. The minimum atomic E-state index is -0.136. The zero-order valence-corrected chi connectivity index (χ0v) is 11.2. The summed E-state index contributed by atoms with van der Waals surface area (Å²) < 4.78 is 0. The van der Waals surface area contributed by atoms with Crippen molar-refractivity contribution in [1.29, 1.82) is 0 Å². The Kier molecular flexibility index (Phi) is 3.35. The highest BCUT2D eigenvalue weighted by Crippen LogP contribution is 2.39. The van der Waals surface area contributed by atoms with Crippen molar-refractivity contribution in [2.75, 3.05) is 13.2 Å². The molecule has 1 saturated carbocycles. The van der Waals surface area contributed by atoms with Crippen LogP contribution in [-0.4, -0.2) is 35.3 Å². The van der Waals surface area contributed by atoms with E-state index in [-0.39, 0.29) is 11.8 Å². The molecule has 5 heteroatoms. The van der Waals surface area contributed by atoms with Gasteiger partial charge < -0.3 is 10.6 Å². The van der Waals surface area contributed by atoms with Gasteiger partial charge in [0.25, 0.3) is 0 Å². The van der Waals surface area contributed by atoms with Crippen LogP contribution in [0.2, 0.25) is 0 Å². The molecule has 3 N–H and O–H groups in total. The van der Waals surface area contributed by atoms with E-state index in [0.717, 1.165) is 32.5 Å². The minimum Gasteiger partial charge on any atom is -0.369 e. The number of primary amides is 1. The fourth-order valence-electron chi connectivity index (χ4n) is 2.93. The molecule has 0 aromatic heterocycles. The largest absolute Gasteiger partial charge is 0.369 e. The predicted molar refractivity (Wildman–Crippen MR) is 73.6 cm³/mol. The molecule has 3 unspecified atom stereocenters. The highest BCUT2D eigenvalue weighted by Gasteiger charge is 2.36. The third-order valence-electron chi connectivity index (χ3n) is 4.02. The third-order valence-corrected chi connectivity index (χ3v) is 5.52. The lowest BCUT2D eigenvalue weighted by molar-refractivity contribution is -0.122. The van der Waals surface area contributed by atoms with Gasteiger partial charge in [-0.3, -0.25) is 10.1 Å². The molecule has 1 amide bonds. The van der Waals surface area contributed by atoms with E-state index in [2.05, 4.69) is 28.4 Å². The summed E-state index contributed by atoms with van der Waals surface area (Å²) in [5.41, 5.74) is 5.44. The molecule has 3 aliphatic rings. The molecular weight excluding hydrogens is 246 g/mol. The molecule has 0 spiro atoms. The molecule has 3 rings (SSSR count). The molecule has 1 saturated heterocycles.